The average molecular weight is 369 g/mol. The SMILES string of the molecule is Cc1nc(-c2ccccn2)nc(NC2CCN(C(=O)OC(C)C)CC2)c1C. The number of carbonyl (C=O) groups excluding carboxylic acids is 1. The van der Waals surface area contributed by atoms with E-state index in [1.54, 1.807) is 11.1 Å². The Morgan fingerprint density at radius 3 is 2.59 bits per heavy atom. The number of nitrogens with zero attached hydrogens (tertiary/aromatic N) is 4. The zero-order valence-corrected chi connectivity index (χ0v) is 16.4. The number of aromatic nitrogens is 3. The van der Waals surface area contributed by atoms with Crippen LogP contribution in [0.4, 0.5) is 10.6 Å². The van der Waals surface area contributed by atoms with Crippen molar-refractivity contribution in [2.75, 3.05) is 18.4 Å². The Morgan fingerprint density at radius 2 is 1.96 bits per heavy atom. The third kappa shape index (κ3) is 4.72. The smallest absolute Gasteiger partial charge is 0.410 e. The van der Waals surface area contributed by atoms with Crippen LogP contribution in [-0.2, 0) is 4.74 Å². The van der Waals surface area contributed by atoms with Gasteiger partial charge in [-0.2, -0.15) is 0 Å². The van der Waals surface area contributed by atoms with Gasteiger partial charge in [0.15, 0.2) is 5.82 Å². The third-order valence-corrected chi connectivity index (χ3v) is 4.71. The number of likely N-dealkylation sites (tertiary alicyclic amines) is 1. The molecule has 0 atom stereocenters. The van der Waals surface area contributed by atoms with Gasteiger partial charge in [-0.05, 0) is 52.7 Å². The molecule has 1 aliphatic heterocycles. The van der Waals surface area contributed by atoms with Crippen LogP contribution in [0.15, 0.2) is 24.4 Å². The molecule has 1 amide bonds. The minimum absolute atomic E-state index is 0.0926. The van der Waals surface area contributed by atoms with Crippen LogP contribution in [0.3, 0.4) is 0 Å². The Morgan fingerprint density at radius 1 is 1.22 bits per heavy atom. The second kappa shape index (κ2) is 8.33. The number of nitrogens with one attached hydrogen (secondary N) is 1. The molecule has 0 spiro atoms. The summed E-state index contributed by atoms with van der Waals surface area (Å²) in [5.41, 5.74) is 2.73. The molecule has 2 aromatic rings. The molecular weight excluding hydrogens is 342 g/mol. The van der Waals surface area contributed by atoms with E-state index in [0.717, 1.165) is 35.6 Å². The first-order valence-corrected chi connectivity index (χ1v) is 9.42. The van der Waals surface area contributed by atoms with E-state index in [-0.39, 0.29) is 18.2 Å². The largest absolute Gasteiger partial charge is 0.447 e. The average Bonchev–Trinajstić information content (AvgIpc) is 2.66. The highest BCUT2D eigenvalue weighted by atomic mass is 16.6. The molecule has 0 bridgehead atoms. The van der Waals surface area contributed by atoms with Gasteiger partial charge in [-0.25, -0.2) is 14.8 Å². The van der Waals surface area contributed by atoms with E-state index < -0.39 is 0 Å². The minimum atomic E-state index is -0.227. The molecule has 7 nitrogen and oxygen atoms in total. The van der Waals surface area contributed by atoms with Crippen molar-refractivity contribution in [3.8, 4) is 11.5 Å². The van der Waals surface area contributed by atoms with Crippen LogP contribution in [0.25, 0.3) is 11.5 Å². The van der Waals surface area contributed by atoms with Crippen LogP contribution < -0.4 is 5.32 Å². The molecule has 7 heteroatoms. The number of hydrogen-bond acceptors (Lipinski definition) is 6. The maximum atomic E-state index is 12.0. The molecule has 0 radical (unpaired) electrons. The number of hydrogen-bond donors (Lipinski definition) is 1. The first-order chi connectivity index (χ1) is 12.9. The molecule has 0 aliphatic carbocycles. The molecule has 0 aromatic carbocycles. The zero-order valence-electron chi connectivity index (χ0n) is 16.4. The van der Waals surface area contributed by atoms with Crippen LogP contribution in [0.2, 0.25) is 0 Å². The lowest BCUT2D eigenvalue weighted by Gasteiger charge is -2.32. The number of pyridine rings is 1. The number of anilines is 1. The first kappa shape index (κ1) is 19.1. The number of carbonyl (C=O) groups is 1. The molecule has 1 fully saturated rings. The number of aryl methyl sites for hydroxylation is 1. The van der Waals surface area contributed by atoms with Gasteiger partial charge >= 0.3 is 6.09 Å². The van der Waals surface area contributed by atoms with Crippen molar-refractivity contribution in [1.82, 2.24) is 19.9 Å². The summed E-state index contributed by atoms with van der Waals surface area (Å²) >= 11 is 0. The third-order valence-electron chi connectivity index (χ3n) is 4.71. The minimum Gasteiger partial charge on any atom is -0.447 e. The predicted octanol–water partition coefficient (Wildman–Crippen LogP) is 3.58. The van der Waals surface area contributed by atoms with Gasteiger partial charge in [0, 0.05) is 36.6 Å². The van der Waals surface area contributed by atoms with Crippen LogP contribution >= 0.6 is 0 Å². The summed E-state index contributed by atoms with van der Waals surface area (Å²) < 4.78 is 5.28. The summed E-state index contributed by atoms with van der Waals surface area (Å²) in [4.78, 5) is 27.4. The summed E-state index contributed by atoms with van der Waals surface area (Å²) in [7, 11) is 0. The Labute approximate surface area is 160 Å². The molecule has 0 saturated carbocycles. The second-order valence-electron chi connectivity index (χ2n) is 7.16. The Balaban J connectivity index is 1.68. The van der Waals surface area contributed by atoms with Gasteiger partial charge in [0.25, 0.3) is 0 Å². The summed E-state index contributed by atoms with van der Waals surface area (Å²) in [6.45, 7) is 9.10. The fourth-order valence-corrected chi connectivity index (χ4v) is 3.05. The Hall–Kier alpha value is -2.70. The van der Waals surface area contributed by atoms with Gasteiger partial charge in [0.1, 0.15) is 11.5 Å². The maximum absolute atomic E-state index is 12.0. The highest BCUT2D eigenvalue weighted by molar-refractivity contribution is 5.68. The van der Waals surface area contributed by atoms with Gasteiger partial charge in [-0.1, -0.05) is 6.07 Å². The van der Waals surface area contributed by atoms with Gasteiger partial charge in [0.05, 0.1) is 6.10 Å². The van der Waals surface area contributed by atoms with Crippen molar-refractivity contribution in [1.29, 1.82) is 0 Å². The van der Waals surface area contributed by atoms with Crippen molar-refractivity contribution >= 4 is 11.9 Å². The lowest BCUT2D eigenvalue weighted by atomic mass is 10.0. The highest BCUT2D eigenvalue weighted by Gasteiger charge is 2.25. The second-order valence-corrected chi connectivity index (χ2v) is 7.16. The number of rotatable bonds is 4. The maximum Gasteiger partial charge on any atom is 0.410 e. The number of piperidine rings is 1. The van der Waals surface area contributed by atoms with E-state index >= 15 is 0 Å². The summed E-state index contributed by atoms with van der Waals surface area (Å²) in [6.07, 6.45) is 3.14. The van der Waals surface area contributed by atoms with Crippen molar-refractivity contribution in [2.45, 2.75) is 52.7 Å². The van der Waals surface area contributed by atoms with Crippen molar-refractivity contribution < 1.29 is 9.53 Å². The quantitative estimate of drug-likeness (QED) is 0.887. The van der Waals surface area contributed by atoms with E-state index in [4.69, 9.17) is 9.72 Å². The van der Waals surface area contributed by atoms with Gasteiger partial charge in [-0.15, -0.1) is 0 Å². The van der Waals surface area contributed by atoms with Gasteiger partial charge in [-0.3, -0.25) is 4.98 Å². The lowest BCUT2D eigenvalue weighted by Crippen LogP contribution is -2.43. The molecule has 144 valence electrons. The van der Waals surface area contributed by atoms with E-state index in [1.165, 1.54) is 0 Å². The topological polar surface area (TPSA) is 80.2 Å². The summed E-state index contributed by atoms with van der Waals surface area (Å²) in [6, 6.07) is 5.98. The van der Waals surface area contributed by atoms with Crippen molar-refractivity contribution in [3.63, 3.8) is 0 Å². The van der Waals surface area contributed by atoms with Crippen molar-refractivity contribution in [3.05, 3.63) is 35.7 Å². The Kier molecular flexibility index (Phi) is 5.88. The fourth-order valence-electron chi connectivity index (χ4n) is 3.05. The first-order valence-electron chi connectivity index (χ1n) is 9.42. The van der Waals surface area contributed by atoms with E-state index in [0.29, 0.717) is 18.9 Å². The molecule has 0 unspecified atom stereocenters. The molecule has 1 aliphatic rings. The molecule has 3 heterocycles. The van der Waals surface area contributed by atoms with E-state index in [9.17, 15) is 4.79 Å². The van der Waals surface area contributed by atoms with E-state index in [2.05, 4.69) is 15.3 Å². The highest BCUT2D eigenvalue weighted by Crippen LogP contribution is 2.23. The Bertz CT molecular complexity index is 786. The molecule has 1 N–H and O–H groups in total. The predicted molar refractivity (Wildman–Crippen MR) is 105 cm³/mol. The zero-order chi connectivity index (χ0) is 19.4. The van der Waals surface area contributed by atoms with Crippen LogP contribution in [0, 0.1) is 13.8 Å². The number of amides is 1. The van der Waals surface area contributed by atoms with Crippen molar-refractivity contribution in [2.24, 2.45) is 0 Å². The van der Waals surface area contributed by atoms with Gasteiger partial charge < -0.3 is 15.0 Å². The normalized spacial score (nSPS) is 15.1. The summed E-state index contributed by atoms with van der Waals surface area (Å²) in [5.74, 6) is 1.46. The fraction of sp³-hybridized carbons (Fsp3) is 0.500. The molecule has 1 saturated heterocycles. The monoisotopic (exact) mass is 369 g/mol. The standard InChI is InChI=1S/C20H27N5O2/c1-13(2)27-20(26)25-11-8-16(9-12-25)23-18-14(3)15(4)22-19(24-18)17-7-5-6-10-21-17/h5-7,10,13,16H,8-9,11-12H2,1-4H3,(H,22,23,24). The number of ether oxygens (including phenoxy) is 1. The van der Waals surface area contributed by atoms with Gasteiger partial charge in [0.2, 0.25) is 0 Å². The van der Waals surface area contributed by atoms with Crippen LogP contribution in [0.5, 0.6) is 0 Å². The van der Waals surface area contributed by atoms with E-state index in [1.807, 2.05) is 45.9 Å². The van der Waals surface area contributed by atoms with Crippen LogP contribution in [0.1, 0.15) is 37.9 Å². The summed E-state index contributed by atoms with van der Waals surface area (Å²) in [5, 5.41) is 3.54. The molecule has 27 heavy (non-hydrogen) atoms. The lowest BCUT2D eigenvalue weighted by molar-refractivity contribution is 0.0701. The molecule has 2 aromatic heterocycles. The van der Waals surface area contributed by atoms with Crippen LogP contribution in [-0.4, -0.2) is 51.2 Å². The molecule has 3 rings (SSSR count). The molecular formula is C20H27N5O2.